The van der Waals surface area contributed by atoms with E-state index in [1.54, 1.807) is 0 Å². The van der Waals surface area contributed by atoms with Gasteiger partial charge in [0.25, 0.3) is 0 Å². The monoisotopic (exact) mass is 210 g/mol. The fraction of sp³-hybridized carbons (Fsp3) is 1.00. The van der Waals surface area contributed by atoms with Gasteiger partial charge in [-0.25, -0.2) is 0 Å². The molecule has 2 nitrogen and oxygen atoms in total. The Labute approximate surface area is 111 Å². The maximum absolute atomic E-state index is 4.53. The number of hydrogen-bond donors (Lipinski definition) is 1. The summed E-state index contributed by atoms with van der Waals surface area (Å²) in [5.74, 6) is 0.888. The molecule has 52 valence electrons. The maximum atomic E-state index is 4.53. The van der Waals surface area contributed by atoms with Gasteiger partial charge in [0.05, 0.1) is 0 Å². The molecule has 0 aromatic carbocycles. The Balaban J connectivity index is 0.000000500. The molecule has 10 heavy (non-hydrogen) atoms. The van der Waals surface area contributed by atoms with Gasteiger partial charge in [-0.2, -0.15) is 0 Å². The Morgan fingerprint density at radius 3 is 3.00 bits per heavy atom. The minimum atomic E-state index is 0. The number of fused-ring (bicyclic) bond motifs is 1. The summed E-state index contributed by atoms with van der Waals surface area (Å²) in [6, 6.07) is 0.679. The minimum Gasteiger partial charge on any atom is -0.658 e. The van der Waals surface area contributed by atoms with Gasteiger partial charge >= 0.3 is 58.2 Å². The summed E-state index contributed by atoms with van der Waals surface area (Å²) in [4.78, 5) is 0. The van der Waals surface area contributed by atoms with E-state index in [9.17, 15) is 0 Å². The molecule has 2 aliphatic heterocycles. The van der Waals surface area contributed by atoms with E-state index in [1.807, 2.05) is 0 Å². The summed E-state index contributed by atoms with van der Waals surface area (Å²) >= 11 is 0. The summed E-state index contributed by atoms with van der Waals surface area (Å²) in [6.45, 7) is 3.47. The van der Waals surface area contributed by atoms with Crippen LogP contribution in [0.15, 0.2) is 0 Å². The van der Waals surface area contributed by atoms with Gasteiger partial charge in [-0.1, -0.05) is 12.8 Å². The first-order valence-corrected chi connectivity index (χ1v) is 3.84. The van der Waals surface area contributed by atoms with E-state index in [0.29, 0.717) is 6.04 Å². The topological polar surface area (TPSA) is 26.1 Å². The van der Waals surface area contributed by atoms with Crippen molar-refractivity contribution in [1.82, 2.24) is 5.32 Å². The van der Waals surface area contributed by atoms with Crippen LogP contribution in [0.25, 0.3) is 5.32 Å². The van der Waals surface area contributed by atoms with Gasteiger partial charge in [0.15, 0.2) is 0 Å². The van der Waals surface area contributed by atoms with E-state index in [4.69, 9.17) is 0 Å². The van der Waals surface area contributed by atoms with E-state index in [1.165, 1.54) is 19.4 Å². The number of nitrogens with one attached hydrogen (secondary N) is 1. The number of piperidine rings is 1. The summed E-state index contributed by atoms with van der Waals surface area (Å²) < 4.78 is 0. The van der Waals surface area contributed by atoms with Crippen molar-refractivity contribution in [2.45, 2.75) is 18.9 Å². The summed E-state index contributed by atoms with van der Waals surface area (Å²) in [5.41, 5.74) is 0. The third-order valence-corrected chi connectivity index (χ3v) is 2.40. The van der Waals surface area contributed by atoms with Crippen molar-refractivity contribution in [1.29, 1.82) is 0 Å². The van der Waals surface area contributed by atoms with E-state index in [-0.39, 0.29) is 58.2 Å². The molecule has 0 aliphatic carbocycles. The second-order valence-electron chi connectivity index (χ2n) is 3.03. The molecule has 2 atom stereocenters. The molecule has 0 aromatic heterocycles. The second kappa shape index (κ2) is 4.68. The van der Waals surface area contributed by atoms with Crippen LogP contribution in [-0.4, -0.2) is 25.7 Å². The van der Waals surface area contributed by atoms with Gasteiger partial charge in [-0.05, 0) is 19.0 Å². The summed E-state index contributed by atoms with van der Waals surface area (Å²) in [5, 5.41) is 7.90. The molecular weight excluding hydrogens is 198 g/mol. The molecule has 0 amide bonds. The van der Waals surface area contributed by atoms with Crippen molar-refractivity contribution in [3.05, 3.63) is 5.32 Å². The zero-order chi connectivity index (χ0) is 6.10. The molecule has 0 radical (unpaired) electrons. The van der Waals surface area contributed by atoms with Crippen LogP contribution in [0.5, 0.6) is 0 Å². The molecule has 0 spiro atoms. The number of hydrogen-bond acceptors (Lipinski definition) is 1. The Morgan fingerprint density at radius 2 is 2.20 bits per heavy atom. The Hall–Kier alpha value is 1.73. The molecule has 2 heterocycles. The smallest absolute Gasteiger partial charge is 0.658 e. The first kappa shape index (κ1) is 9.81. The number of nitrogens with zero attached hydrogens (tertiary/aromatic N) is 1. The first-order chi connectivity index (χ1) is 4.47. The van der Waals surface area contributed by atoms with Gasteiger partial charge < -0.3 is 10.6 Å². The third kappa shape index (κ3) is 2.11. The summed E-state index contributed by atoms with van der Waals surface area (Å²) in [6.07, 6.45) is 2.73. The molecule has 2 unspecified atom stereocenters. The average molecular weight is 211 g/mol. The average Bonchev–Trinajstić information content (AvgIpc) is 2.33. The second-order valence-corrected chi connectivity index (χ2v) is 3.03. The van der Waals surface area contributed by atoms with E-state index < -0.39 is 0 Å². The van der Waals surface area contributed by atoms with Crippen LogP contribution >= 0.6 is 0 Å². The molecular formula is C7H13N2Rb. The van der Waals surface area contributed by atoms with Crippen molar-refractivity contribution in [2.24, 2.45) is 5.92 Å². The van der Waals surface area contributed by atoms with Crippen molar-refractivity contribution >= 4 is 0 Å². The van der Waals surface area contributed by atoms with Crippen LogP contribution in [0.2, 0.25) is 0 Å². The van der Waals surface area contributed by atoms with Crippen LogP contribution in [0.1, 0.15) is 12.8 Å². The minimum absolute atomic E-state index is 0. The van der Waals surface area contributed by atoms with Crippen molar-refractivity contribution in [3.63, 3.8) is 0 Å². The predicted octanol–water partition coefficient (Wildman–Crippen LogP) is -2.25. The van der Waals surface area contributed by atoms with Crippen LogP contribution in [-0.2, 0) is 0 Å². The van der Waals surface area contributed by atoms with Crippen LogP contribution in [0.3, 0.4) is 0 Å². The maximum Gasteiger partial charge on any atom is 1.00 e. The van der Waals surface area contributed by atoms with Crippen molar-refractivity contribution in [3.8, 4) is 0 Å². The van der Waals surface area contributed by atoms with Crippen LogP contribution in [0, 0.1) is 5.92 Å². The van der Waals surface area contributed by atoms with Gasteiger partial charge in [0.1, 0.15) is 0 Å². The fourth-order valence-electron chi connectivity index (χ4n) is 1.84. The normalized spacial score (nSPS) is 38.4. The number of rotatable bonds is 0. The van der Waals surface area contributed by atoms with E-state index in [2.05, 4.69) is 10.6 Å². The van der Waals surface area contributed by atoms with Gasteiger partial charge in [-0.3, -0.25) is 0 Å². The Morgan fingerprint density at radius 1 is 1.30 bits per heavy atom. The Bertz CT molecular complexity index is 95.8. The molecule has 2 aliphatic rings. The molecule has 0 saturated carbocycles. The van der Waals surface area contributed by atoms with Gasteiger partial charge in [0.2, 0.25) is 0 Å². The Kier molecular flexibility index (Phi) is 4.59. The largest absolute Gasteiger partial charge is 1.00 e. The van der Waals surface area contributed by atoms with Gasteiger partial charge in [0, 0.05) is 0 Å². The fourth-order valence-corrected chi connectivity index (χ4v) is 1.84. The molecule has 2 fully saturated rings. The quantitative estimate of drug-likeness (QED) is 0.480. The summed E-state index contributed by atoms with van der Waals surface area (Å²) in [7, 11) is 0. The van der Waals surface area contributed by atoms with E-state index >= 15 is 0 Å². The SMILES string of the molecule is C1C[N-]C2CNCC2C1.[Rb+]. The standard InChI is InChI=1S/C7H13N2.Rb/c1-2-6-4-8-5-7(6)9-3-1;/h6-8H,1-5H2;/q-1;+1. The molecule has 3 heteroatoms. The molecule has 0 bridgehead atoms. The molecule has 0 aromatic rings. The first-order valence-electron chi connectivity index (χ1n) is 3.84. The van der Waals surface area contributed by atoms with Crippen molar-refractivity contribution in [2.75, 3.05) is 19.6 Å². The van der Waals surface area contributed by atoms with Crippen molar-refractivity contribution < 1.29 is 58.2 Å². The van der Waals surface area contributed by atoms with E-state index in [0.717, 1.165) is 19.0 Å². The zero-order valence-corrected chi connectivity index (χ0v) is 11.6. The predicted molar refractivity (Wildman–Crippen MR) is 37.6 cm³/mol. The third-order valence-electron chi connectivity index (χ3n) is 2.40. The zero-order valence-electron chi connectivity index (χ0n) is 6.64. The van der Waals surface area contributed by atoms with Gasteiger partial charge in [-0.15, -0.1) is 12.6 Å². The van der Waals surface area contributed by atoms with Crippen LogP contribution < -0.4 is 63.5 Å². The molecule has 2 rings (SSSR count). The van der Waals surface area contributed by atoms with Crippen LogP contribution in [0.4, 0.5) is 0 Å². The molecule has 1 N–H and O–H groups in total. The molecule has 2 saturated heterocycles.